The standard InChI is InChI=1S/C13H23NO3/c1-13(2,3)17-12(16)14-10-6-4-5-8-9(7-15)11(8)10/h8-11,15H,4-7H2,1-3H3,(H,14,16)/t8-,9+,10-,11-/m0/s1. The molecule has 0 radical (unpaired) electrons. The molecule has 0 heterocycles. The molecule has 0 aromatic carbocycles. The third kappa shape index (κ3) is 2.92. The lowest BCUT2D eigenvalue weighted by molar-refractivity contribution is 0.0486. The van der Waals surface area contributed by atoms with Crippen molar-refractivity contribution in [2.45, 2.75) is 51.7 Å². The molecule has 0 aromatic heterocycles. The highest BCUT2D eigenvalue weighted by Crippen LogP contribution is 2.55. The molecule has 4 nitrogen and oxygen atoms in total. The summed E-state index contributed by atoms with van der Waals surface area (Å²) in [5.41, 5.74) is -0.446. The Morgan fingerprint density at radius 1 is 1.41 bits per heavy atom. The minimum Gasteiger partial charge on any atom is -0.444 e. The van der Waals surface area contributed by atoms with Crippen LogP contribution >= 0.6 is 0 Å². The number of alkyl carbamates (subject to hydrolysis) is 1. The molecule has 0 aromatic rings. The highest BCUT2D eigenvalue weighted by Gasteiger charge is 2.55. The van der Waals surface area contributed by atoms with Gasteiger partial charge in [-0.3, -0.25) is 0 Å². The first-order chi connectivity index (χ1) is 7.92. The highest BCUT2D eigenvalue weighted by molar-refractivity contribution is 5.68. The van der Waals surface area contributed by atoms with E-state index in [-0.39, 0.29) is 18.7 Å². The Kier molecular flexibility index (Phi) is 3.34. The van der Waals surface area contributed by atoms with Crippen LogP contribution in [0.3, 0.4) is 0 Å². The monoisotopic (exact) mass is 241 g/mol. The summed E-state index contributed by atoms with van der Waals surface area (Å²) in [5.74, 6) is 1.49. The summed E-state index contributed by atoms with van der Waals surface area (Å²) in [6.45, 7) is 5.85. The fourth-order valence-corrected chi connectivity index (χ4v) is 3.13. The van der Waals surface area contributed by atoms with E-state index in [0.29, 0.717) is 17.8 Å². The quantitative estimate of drug-likeness (QED) is 0.776. The first kappa shape index (κ1) is 12.7. The van der Waals surface area contributed by atoms with Crippen molar-refractivity contribution in [1.29, 1.82) is 0 Å². The van der Waals surface area contributed by atoms with Crippen LogP contribution in [-0.4, -0.2) is 29.4 Å². The number of carbonyl (C=O) groups excluding carboxylic acids is 1. The van der Waals surface area contributed by atoms with E-state index in [1.165, 1.54) is 6.42 Å². The molecule has 0 spiro atoms. The number of carbonyl (C=O) groups is 1. The molecule has 4 heteroatoms. The van der Waals surface area contributed by atoms with Crippen LogP contribution in [-0.2, 0) is 4.74 Å². The third-order valence-electron chi connectivity index (χ3n) is 3.83. The summed E-state index contributed by atoms with van der Waals surface area (Å²) in [6, 6.07) is 0.195. The van der Waals surface area contributed by atoms with Crippen LogP contribution in [0.2, 0.25) is 0 Å². The predicted molar refractivity (Wildman–Crippen MR) is 64.6 cm³/mol. The van der Waals surface area contributed by atoms with Gasteiger partial charge in [0.15, 0.2) is 0 Å². The Morgan fingerprint density at radius 3 is 2.71 bits per heavy atom. The number of ether oxygens (including phenoxy) is 1. The molecule has 2 aliphatic carbocycles. The molecule has 2 rings (SSSR count). The fourth-order valence-electron chi connectivity index (χ4n) is 3.13. The van der Waals surface area contributed by atoms with E-state index >= 15 is 0 Å². The van der Waals surface area contributed by atoms with Gasteiger partial charge in [0.2, 0.25) is 0 Å². The maximum Gasteiger partial charge on any atom is 0.407 e. The number of nitrogens with one attached hydrogen (secondary N) is 1. The highest BCUT2D eigenvalue weighted by atomic mass is 16.6. The zero-order valence-electron chi connectivity index (χ0n) is 10.9. The number of aliphatic hydroxyl groups is 1. The maximum absolute atomic E-state index is 11.7. The fraction of sp³-hybridized carbons (Fsp3) is 0.923. The molecule has 0 aliphatic heterocycles. The second-order valence-corrected chi connectivity index (χ2v) is 6.27. The average Bonchev–Trinajstić information content (AvgIpc) is 2.89. The molecular weight excluding hydrogens is 218 g/mol. The van der Waals surface area contributed by atoms with Crippen molar-refractivity contribution in [3.63, 3.8) is 0 Å². The van der Waals surface area contributed by atoms with E-state index < -0.39 is 5.60 Å². The van der Waals surface area contributed by atoms with E-state index in [9.17, 15) is 9.90 Å². The Bertz CT molecular complexity index is 294. The zero-order chi connectivity index (χ0) is 12.6. The first-order valence-electron chi connectivity index (χ1n) is 6.53. The molecule has 0 unspecified atom stereocenters. The minimum absolute atomic E-state index is 0.195. The lowest BCUT2D eigenvalue weighted by atomic mass is 9.96. The van der Waals surface area contributed by atoms with Gasteiger partial charge >= 0.3 is 6.09 Å². The van der Waals surface area contributed by atoms with Gasteiger partial charge in [0.05, 0.1) is 0 Å². The molecule has 17 heavy (non-hydrogen) atoms. The van der Waals surface area contributed by atoms with Crippen molar-refractivity contribution in [3.8, 4) is 0 Å². The summed E-state index contributed by atoms with van der Waals surface area (Å²) in [7, 11) is 0. The summed E-state index contributed by atoms with van der Waals surface area (Å²) < 4.78 is 5.26. The number of aliphatic hydroxyl groups excluding tert-OH is 1. The van der Waals surface area contributed by atoms with E-state index in [0.717, 1.165) is 12.8 Å². The topological polar surface area (TPSA) is 58.6 Å². The van der Waals surface area contributed by atoms with Crippen LogP contribution in [0.15, 0.2) is 0 Å². The van der Waals surface area contributed by atoms with Crippen molar-refractivity contribution in [3.05, 3.63) is 0 Å². The van der Waals surface area contributed by atoms with Crippen LogP contribution in [0.4, 0.5) is 4.79 Å². The average molecular weight is 241 g/mol. The normalized spacial score (nSPS) is 36.0. The van der Waals surface area contributed by atoms with Crippen molar-refractivity contribution in [1.82, 2.24) is 5.32 Å². The Hall–Kier alpha value is -0.770. The summed E-state index contributed by atoms with van der Waals surface area (Å²) >= 11 is 0. The van der Waals surface area contributed by atoms with Gasteiger partial charge in [-0.05, 0) is 51.4 Å². The van der Waals surface area contributed by atoms with Crippen LogP contribution < -0.4 is 5.32 Å². The van der Waals surface area contributed by atoms with Crippen molar-refractivity contribution < 1.29 is 14.6 Å². The Morgan fingerprint density at radius 2 is 2.12 bits per heavy atom. The summed E-state index contributed by atoms with van der Waals surface area (Å²) in [4.78, 5) is 11.7. The predicted octanol–water partition coefficient (Wildman–Crippen LogP) is 1.92. The Labute approximate surface area is 103 Å². The second-order valence-electron chi connectivity index (χ2n) is 6.27. The van der Waals surface area contributed by atoms with E-state index in [4.69, 9.17) is 4.74 Å². The van der Waals surface area contributed by atoms with Crippen LogP contribution in [0, 0.1) is 17.8 Å². The number of amides is 1. The van der Waals surface area contributed by atoms with Gasteiger partial charge in [0, 0.05) is 12.6 Å². The number of hydrogen-bond acceptors (Lipinski definition) is 3. The molecule has 98 valence electrons. The first-order valence-corrected chi connectivity index (χ1v) is 6.53. The molecule has 2 aliphatic rings. The minimum atomic E-state index is -0.446. The number of rotatable bonds is 2. The van der Waals surface area contributed by atoms with Crippen LogP contribution in [0.25, 0.3) is 0 Å². The molecule has 2 saturated carbocycles. The second kappa shape index (κ2) is 4.48. The van der Waals surface area contributed by atoms with Gasteiger partial charge in [-0.2, -0.15) is 0 Å². The molecule has 2 fully saturated rings. The molecule has 2 N–H and O–H groups in total. The largest absolute Gasteiger partial charge is 0.444 e. The van der Waals surface area contributed by atoms with Gasteiger partial charge in [-0.15, -0.1) is 0 Å². The lowest BCUT2D eigenvalue weighted by Crippen LogP contribution is -2.41. The SMILES string of the molecule is CC(C)(C)OC(=O)N[C@H]1CCC[C@H]2[C@@H](CO)[C@H]21. The van der Waals surface area contributed by atoms with Crippen LogP contribution in [0.5, 0.6) is 0 Å². The molecule has 4 atom stereocenters. The summed E-state index contributed by atoms with van der Waals surface area (Å²) in [6.07, 6.45) is 3.02. The van der Waals surface area contributed by atoms with Crippen molar-refractivity contribution >= 4 is 6.09 Å². The van der Waals surface area contributed by atoms with Gasteiger partial charge in [0.25, 0.3) is 0 Å². The molecule has 0 saturated heterocycles. The van der Waals surface area contributed by atoms with Crippen molar-refractivity contribution in [2.75, 3.05) is 6.61 Å². The van der Waals surface area contributed by atoms with Gasteiger partial charge in [0.1, 0.15) is 5.60 Å². The van der Waals surface area contributed by atoms with E-state index in [2.05, 4.69) is 5.32 Å². The van der Waals surface area contributed by atoms with E-state index in [1.807, 2.05) is 20.8 Å². The molecular formula is C13H23NO3. The van der Waals surface area contributed by atoms with Gasteiger partial charge in [-0.1, -0.05) is 6.42 Å². The van der Waals surface area contributed by atoms with Gasteiger partial charge < -0.3 is 15.2 Å². The van der Waals surface area contributed by atoms with E-state index in [1.54, 1.807) is 0 Å². The Balaban J connectivity index is 1.85. The number of hydrogen-bond donors (Lipinski definition) is 2. The lowest BCUT2D eigenvalue weighted by Gasteiger charge is -2.25. The summed E-state index contributed by atoms with van der Waals surface area (Å²) in [5, 5.41) is 12.2. The molecule has 1 amide bonds. The maximum atomic E-state index is 11.7. The van der Waals surface area contributed by atoms with Gasteiger partial charge in [-0.25, -0.2) is 4.79 Å². The third-order valence-corrected chi connectivity index (χ3v) is 3.83. The van der Waals surface area contributed by atoms with Crippen molar-refractivity contribution in [2.24, 2.45) is 17.8 Å². The number of fused-ring (bicyclic) bond motifs is 1. The zero-order valence-corrected chi connectivity index (χ0v) is 10.9. The van der Waals surface area contributed by atoms with Crippen LogP contribution in [0.1, 0.15) is 40.0 Å². The smallest absolute Gasteiger partial charge is 0.407 e. The molecule has 0 bridgehead atoms.